The predicted molar refractivity (Wildman–Crippen MR) is 112 cm³/mol. The molecule has 184 valence electrons. The summed E-state index contributed by atoms with van der Waals surface area (Å²) >= 11 is 0. The molecule has 0 amide bonds. The molecule has 1 aromatic heterocycles. The van der Waals surface area contributed by atoms with Crippen LogP contribution in [0.2, 0.25) is 0 Å². The SMILES string of the molecule is COc1cc(-c2[o+]c3cc(O)cc(O)c3cc2OC2OC(CO)C(O)C(O)C2O)ccc1O.[Cl-]. The van der Waals surface area contributed by atoms with Gasteiger partial charge in [-0.05, 0) is 12.1 Å². The van der Waals surface area contributed by atoms with E-state index < -0.39 is 37.3 Å². The molecule has 1 aliphatic rings. The number of phenols is 3. The van der Waals surface area contributed by atoms with E-state index in [-0.39, 0.29) is 57.9 Å². The van der Waals surface area contributed by atoms with Crippen LogP contribution in [0, 0.1) is 0 Å². The summed E-state index contributed by atoms with van der Waals surface area (Å²) in [5.41, 5.74) is 0.449. The lowest BCUT2D eigenvalue weighted by atomic mass is 9.99. The number of ether oxygens (including phenoxy) is 3. The maximum atomic E-state index is 10.4. The van der Waals surface area contributed by atoms with E-state index in [0.717, 1.165) is 6.07 Å². The maximum Gasteiger partial charge on any atom is 0.402 e. The van der Waals surface area contributed by atoms with Gasteiger partial charge in [0.2, 0.25) is 12.0 Å². The summed E-state index contributed by atoms with van der Waals surface area (Å²) in [6, 6.07) is 8.02. The summed E-state index contributed by atoms with van der Waals surface area (Å²) in [4.78, 5) is 0. The first-order chi connectivity index (χ1) is 15.7. The van der Waals surface area contributed by atoms with Gasteiger partial charge in [0.25, 0.3) is 0 Å². The molecule has 1 fully saturated rings. The average Bonchev–Trinajstić information content (AvgIpc) is 2.79. The Balaban J connectivity index is 0.00000324. The first-order valence-corrected chi connectivity index (χ1v) is 9.91. The Kier molecular flexibility index (Phi) is 7.56. The molecule has 0 spiro atoms. The highest BCUT2D eigenvalue weighted by Gasteiger charge is 2.45. The van der Waals surface area contributed by atoms with Gasteiger partial charge < -0.3 is 62.4 Å². The number of aliphatic hydroxyl groups is 4. The molecular formula is C22H23ClO11. The quantitative estimate of drug-likeness (QED) is 0.188. The van der Waals surface area contributed by atoms with Crippen LogP contribution >= 0.6 is 0 Å². The van der Waals surface area contributed by atoms with Crippen LogP contribution < -0.4 is 21.9 Å². The summed E-state index contributed by atoms with van der Waals surface area (Å²) in [6.45, 7) is -0.644. The summed E-state index contributed by atoms with van der Waals surface area (Å²) in [6.07, 6.45) is -7.65. The summed E-state index contributed by atoms with van der Waals surface area (Å²) in [5, 5.41) is 70.0. The minimum atomic E-state index is -1.69. The van der Waals surface area contributed by atoms with Crippen molar-refractivity contribution in [3.63, 3.8) is 0 Å². The molecule has 5 atom stereocenters. The Morgan fingerprint density at radius 3 is 2.32 bits per heavy atom. The van der Waals surface area contributed by atoms with Crippen LogP contribution in [-0.2, 0) is 4.74 Å². The van der Waals surface area contributed by atoms with Crippen LogP contribution in [0.1, 0.15) is 0 Å². The van der Waals surface area contributed by atoms with Crippen LogP contribution in [0.3, 0.4) is 0 Å². The highest BCUT2D eigenvalue weighted by Crippen LogP contribution is 2.42. The molecule has 4 rings (SSSR count). The van der Waals surface area contributed by atoms with Gasteiger partial charge in [-0.1, -0.05) is 0 Å². The summed E-state index contributed by atoms with van der Waals surface area (Å²) in [7, 11) is 1.36. The lowest BCUT2D eigenvalue weighted by molar-refractivity contribution is -0.277. The Morgan fingerprint density at radius 1 is 0.912 bits per heavy atom. The number of fused-ring (bicyclic) bond motifs is 1. The lowest BCUT2D eigenvalue weighted by Gasteiger charge is -2.39. The molecule has 0 radical (unpaired) electrons. The smallest absolute Gasteiger partial charge is 0.402 e. The fraction of sp³-hybridized carbons (Fsp3) is 0.318. The van der Waals surface area contributed by atoms with Crippen molar-refractivity contribution >= 4 is 11.0 Å². The van der Waals surface area contributed by atoms with Crippen molar-refractivity contribution < 1.29 is 66.8 Å². The van der Waals surface area contributed by atoms with Gasteiger partial charge in [0.1, 0.15) is 41.3 Å². The van der Waals surface area contributed by atoms with Crippen molar-refractivity contribution in [2.45, 2.75) is 30.7 Å². The van der Waals surface area contributed by atoms with Crippen molar-refractivity contribution in [1.82, 2.24) is 0 Å². The summed E-state index contributed by atoms with van der Waals surface area (Å²) < 4.78 is 22.2. The van der Waals surface area contributed by atoms with E-state index in [1.165, 1.54) is 37.4 Å². The van der Waals surface area contributed by atoms with E-state index in [0.29, 0.717) is 5.56 Å². The van der Waals surface area contributed by atoms with Crippen molar-refractivity contribution in [2.75, 3.05) is 13.7 Å². The molecular weight excluding hydrogens is 476 g/mol. The van der Waals surface area contributed by atoms with Crippen LogP contribution in [0.4, 0.5) is 0 Å². The molecule has 2 heterocycles. The van der Waals surface area contributed by atoms with E-state index in [1.807, 2.05) is 0 Å². The monoisotopic (exact) mass is 498 g/mol. The molecule has 1 aliphatic heterocycles. The van der Waals surface area contributed by atoms with Crippen LogP contribution in [0.5, 0.6) is 28.7 Å². The van der Waals surface area contributed by atoms with Gasteiger partial charge in [-0.3, -0.25) is 0 Å². The molecule has 34 heavy (non-hydrogen) atoms. The molecule has 0 bridgehead atoms. The van der Waals surface area contributed by atoms with Crippen molar-refractivity contribution in [3.8, 4) is 40.1 Å². The van der Waals surface area contributed by atoms with Gasteiger partial charge in [-0.15, -0.1) is 0 Å². The van der Waals surface area contributed by atoms with Crippen molar-refractivity contribution in [2.24, 2.45) is 0 Å². The maximum absolute atomic E-state index is 10.4. The molecule has 7 N–H and O–H groups in total. The van der Waals surface area contributed by atoms with Gasteiger partial charge in [0.05, 0.1) is 25.3 Å². The molecule has 5 unspecified atom stereocenters. The normalized spacial score (nSPS) is 24.4. The van der Waals surface area contributed by atoms with Crippen molar-refractivity contribution in [3.05, 3.63) is 36.4 Å². The topological polar surface area (TPSA) is 181 Å². The van der Waals surface area contributed by atoms with Gasteiger partial charge >= 0.3 is 11.3 Å². The molecule has 0 saturated carbocycles. The van der Waals surface area contributed by atoms with E-state index in [2.05, 4.69) is 0 Å². The summed E-state index contributed by atoms with van der Waals surface area (Å²) in [5.74, 6) is -0.583. The minimum absolute atomic E-state index is 0. The van der Waals surface area contributed by atoms with Gasteiger partial charge in [0.15, 0.2) is 11.5 Å². The van der Waals surface area contributed by atoms with Crippen molar-refractivity contribution in [1.29, 1.82) is 0 Å². The van der Waals surface area contributed by atoms with Gasteiger partial charge in [-0.2, -0.15) is 0 Å². The number of aliphatic hydroxyl groups excluding tert-OH is 4. The first kappa shape index (κ1) is 25.6. The van der Waals surface area contributed by atoms with Gasteiger partial charge in [0, 0.05) is 18.2 Å². The predicted octanol–water partition coefficient (Wildman–Crippen LogP) is -2.31. The molecule has 1 saturated heterocycles. The zero-order valence-electron chi connectivity index (χ0n) is 17.7. The zero-order valence-corrected chi connectivity index (χ0v) is 18.5. The second-order valence-electron chi connectivity index (χ2n) is 7.52. The molecule has 11 nitrogen and oxygen atoms in total. The highest BCUT2D eigenvalue weighted by atomic mass is 35.5. The fourth-order valence-electron chi connectivity index (χ4n) is 3.58. The number of hydrogen-bond donors (Lipinski definition) is 7. The number of rotatable bonds is 5. The molecule has 12 heteroatoms. The standard InChI is InChI=1S/C22H22O11.ClH/c1-30-15-4-9(2-3-12(15)25)21-16(7-11-13(26)5-10(24)6-14(11)31-21)32-22-20(29)19(28)18(27)17(8-23)33-22;/h2-7,17-20,22-23,27-29H,8H2,1H3,(H2-,24,25,26);1H. The number of phenolic OH excluding ortho intramolecular Hbond substituents is 3. The minimum Gasteiger partial charge on any atom is -1.00 e. The number of benzene rings is 2. The molecule has 0 aliphatic carbocycles. The third-order valence-corrected chi connectivity index (χ3v) is 5.35. The number of halogens is 1. The fourth-order valence-corrected chi connectivity index (χ4v) is 3.58. The largest absolute Gasteiger partial charge is 1.00 e. The third-order valence-electron chi connectivity index (χ3n) is 5.35. The molecule has 3 aromatic rings. The van der Waals surface area contributed by atoms with Gasteiger partial charge in [-0.25, -0.2) is 4.42 Å². The lowest BCUT2D eigenvalue weighted by Crippen LogP contribution is -3.00. The Morgan fingerprint density at radius 2 is 1.65 bits per heavy atom. The number of methoxy groups -OCH3 is 1. The Hall–Kier alpha value is -3.06. The average molecular weight is 499 g/mol. The van der Waals surface area contributed by atoms with E-state index in [1.54, 1.807) is 0 Å². The first-order valence-electron chi connectivity index (χ1n) is 9.91. The number of hydrogen-bond acceptors (Lipinski definition) is 10. The highest BCUT2D eigenvalue weighted by molar-refractivity contribution is 5.88. The van der Waals surface area contributed by atoms with E-state index in [9.17, 15) is 35.7 Å². The van der Waals surface area contributed by atoms with Crippen LogP contribution in [0.15, 0.2) is 40.8 Å². The van der Waals surface area contributed by atoms with E-state index in [4.69, 9.17) is 18.6 Å². The Labute approximate surface area is 199 Å². The Bertz CT molecular complexity index is 1170. The zero-order chi connectivity index (χ0) is 23.9. The molecule has 2 aromatic carbocycles. The van der Waals surface area contributed by atoms with E-state index >= 15 is 0 Å². The van der Waals surface area contributed by atoms with Crippen LogP contribution in [-0.4, -0.2) is 80.2 Å². The number of aromatic hydroxyl groups is 3. The third kappa shape index (κ3) is 4.62. The second-order valence-corrected chi connectivity index (χ2v) is 7.52. The second kappa shape index (κ2) is 10.1. The van der Waals surface area contributed by atoms with Crippen LogP contribution in [0.25, 0.3) is 22.3 Å².